The van der Waals surface area contributed by atoms with Crippen LogP contribution in [0.15, 0.2) is 18.2 Å². The normalized spacial score (nSPS) is 25.8. The summed E-state index contributed by atoms with van der Waals surface area (Å²) < 4.78 is 11.4. The predicted molar refractivity (Wildman–Crippen MR) is 88.7 cm³/mol. The fourth-order valence-electron chi connectivity index (χ4n) is 2.95. The Labute approximate surface area is 140 Å². The summed E-state index contributed by atoms with van der Waals surface area (Å²) in [5, 5.41) is 12.3. The van der Waals surface area contributed by atoms with Crippen LogP contribution in [-0.2, 0) is 11.2 Å². The SMILES string of the molecule is CCOc1cccc2c1OCC(C(=O)NC1(C#N)CCSC1)C2. The number of amides is 1. The molecule has 6 heteroatoms. The van der Waals surface area contributed by atoms with Crippen molar-refractivity contribution in [3.63, 3.8) is 0 Å². The van der Waals surface area contributed by atoms with Crippen molar-refractivity contribution >= 4 is 17.7 Å². The van der Waals surface area contributed by atoms with E-state index < -0.39 is 5.54 Å². The summed E-state index contributed by atoms with van der Waals surface area (Å²) in [6.45, 7) is 2.82. The van der Waals surface area contributed by atoms with E-state index in [4.69, 9.17) is 9.47 Å². The molecule has 2 aliphatic rings. The lowest BCUT2D eigenvalue weighted by molar-refractivity contribution is -0.127. The lowest BCUT2D eigenvalue weighted by atomic mass is 9.93. The molecule has 0 saturated carbocycles. The fraction of sp³-hybridized carbons (Fsp3) is 0.529. The summed E-state index contributed by atoms with van der Waals surface area (Å²) in [6.07, 6.45) is 1.31. The molecular formula is C17H20N2O3S. The largest absolute Gasteiger partial charge is 0.490 e. The molecule has 5 nitrogen and oxygen atoms in total. The lowest BCUT2D eigenvalue weighted by Gasteiger charge is -2.29. The number of nitrogens with one attached hydrogen (secondary N) is 1. The number of thioether (sulfide) groups is 1. The van der Waals surface area contributed by atoms with Gasteiger partial charge in [-0.3, -0.25) is 4.79 Å². The smallest absolute Gasteiger partial charge is 0.228 e. The van der Waals surface area contributed by atoms with Gasteiger partial charge in [0, 0.05) is 5.75 Å². The van der Waals surface area contributed by atoms with Gasteiger partial charge in [0.2, 0.25) is 5.91 Å². The number of nitriles is 1. The molecule has 3 rings (SSSR count). The van der Waals surface area contributed by atoms with Crippen LogP contribution in [0.5, 0.6) is 11.5 Å². The lowest BCUT2D eigenvalue weighted by Crippen LogP contribution is -2.51. The highest BCUT2D eigenvalue weighted by molar-refractivity contribution is 7.99. The average molecular weight is 332 g/mol. The molecule has 0 aliphatic carbocycles. The first-order valence-corrected chi connectivity index (χ1v) is 9.01. The average Bonchev–Trinajstić information content (AvgIpc) is 3.04. The van der Waals surface area contributed by atoms with Gasteiger partial charge in [0.1, 0.15) is 12.1 Å². The summed E-state index contributed by atoms with van der Waals surface area (Å²) in [7, 11) is 0. The molecule has 2 aliphatic heterocycles. The maximum Gasteiger partial charge on any atom is 0.228 e. The second-order valence-corrected chi connectivity index (χ2v) is 6.98. The zero-order chi connectivity index (χ0) is 16.3. The first-order valence-electron chi connectivity index (χ1n) is 7.86. The number of rotatable bonds is 4. The highest BCUT2D eigenvalue weighted by atomic mass is 32.2. The molecule has 23 heavy (non-hydrogen) atoms. The molecule has 0 spiro atoms. The van der Waals surface area contributed by atoms with Crippen molar-refractivity contribution in [2.75, 3.05) is 24.7 Å². The van der Waals surface area contributed by atoms with Gasteiger partial charge < -0.3 is 14.8 Å². The first-order chi connectivity index (χ1) is 11.2. The Morgan fingerprint density at radius 1 is 1.61 bits per heavy atom. The van der Waals surface area contributed by atoms with E-state index in [1.165, 1.54) is 0 Å². The Balaban J connectivity index is 1.71. The van der Waals surface area contributed by atoms with Crippen LogP contribution in [0, 0.1) is 17.2 Å². The molecule has 1 N–H and O–H groups in total. The third-order valence-corrected chi connectivity index (χ3v) is 5.41. The van der Waals surface area contributed by atoms with Crippen molar-refractivity contribution in [1.82, 2.24) is 5.32 Å². The number of nitrogens with zero attached hydrogens (tertiary/aromatic N) is 1. The number of carbonyl (C=O) groups excluding carboxylic acids is 1. The minimum Gasteiger partial charge on any atom is -0.490 e. The third-order valence-electron chi connectivity index (χ3n) is 4.22. The first kappa shape index (κ1) is 16.0. The number of hydrogen-bond donors (Lipinski definition) is 1. The van der Waals surface area contributed by atoms with Gasteiger partial charge in [-0.15, -0.1) is 0 Å². The molecule has 0 aromatic heterocycles. The molecule has 0 bridgehead atoms. The van der Waals surface area contributed by atoms with Gasteiger partial charge >= 0.3 is 0 Å². The van der Waals surface area contributed by atoms with Gasteiger partial charge in [-0.1, -0.05) is 12.1 Å². The highest BCUT2D eigenvalue weighted by Crippen LogP contribution is 2.36. The standard InChI is InChI=1S/C17H20N2O3S/c1-2-21-14-5-3-4-12-8-13(9-22-15(12)14)16(20)19-17(10-18)6-7-23-11-17/h3-5,13H,2,6-9,11H2,1H3,(H,19,20). The van der Waals surface area contributed by atoms with Crippen LogP contribution >= 0.6 is 11.8 Å². The summed E-state index contributed by atoms with van der Waals surface area (Å²) >= 11 is 1.71. The van der Waals surface area contributed by atoms with Gasteiger partial charge in [0.15, 0.2) is 11.5 Å². The molecule has 2 heterocycles. The molecular weight excluding hydrogens is 312 g/mol. The zero-order valence-corrected chi connectivity index (χ0v) is 13.9. The summed E-state index contributed by atoms with van der Waals surface area (Å²) in [4.78, 5) is 12.6. The van der Waals surface area contributed by atoms with Crippen LogP contribution < -0.4 is 14.8 Å². The van der Waals surface area contributed by atoms with Gasteiger partial charge in [0.25, 0.3) is 0 Å². The van der Waals surface area contributed by atoms with E-state index in [1.54, 1.807) is 11.8 Å². The Bertz CT molecular complexity index is 635. The monoisotopic (exact) mass is 332 g/mol. The molecule has 1 aromatic rings. The molecule has 2 atom stereocenters. The topological polar surface area (TPSA) is 71.3 Å². The van der Waals surface area contributed by atoms with Crippen LogP contribution in [0.1, 0.15) is 18.9 Å². The maximum atomic E-state index is 12.6. The van der Waals surface area contributed by atoms with E-state index in [0.29, 0.717) is 31.8 Å². The summed E-state index contributed by atoms with van der Waals surface area (Å²) in [5.41, 5.74) is 0.268. The molecule has 1 aromatic carbocycles. The quantitative estimate of drug-likeness (QED) is 0.915. The minimum atomic E-state index is -0.713. The van der Waals surface area contributed by atoms with E-state index in [-0.39, 0.29) is 11.8 Å². The van der Waals surface area contributed by atoms with Gasteiger partial charge in [-0.2, -0.15) is 17.0 Å². The van der Waals surface area contributed by atoms with Crippen molar-refractivity contribution in [2.24, 2.45) is 5.92 Å². The molecule has 1 fully saturated rings. The Morgan fingerprint density at radius 3 is 3.17 bits per heavy atom. The Morgan fingerprint density at radius 2 is 2.48 bits per heavy atom. The number of hydrogen-bond acceptors (Lipinski definition) is 5. The molecule has 2 unspecified atom stereocenters. The fourth-order valence-corrected chi connectivity index (χ4v) is 4.22. The van der Waals surface area contributed by atoms with E-state index in [1.807, 2.05) is 25.1 Å². The van der Waals surface area contributed by atoms with Crippen molar-refractivity contribution in [3.05, 3.63) is 23.8 Å². The second-order valence-electron chi connectivity index (χ2n) is 5.88. The Hall–Kier alpha value is -1.87. The van der Waals surface area contributed by atoms with E-state index in [2.05, 4.69) is 11.4 Å². The summed E-state index contributed by atoms with van der Waals surface area (Å²) in [5.74, 6) is 2.68. The van der Waals surface area contributed by atoms with Gasteiger partial charge in [-0.05, 0) is 37.1 Å². The van der Waals surface area contributed by atoms with Crippen LogP contribution in [0.4, 0.5) is 0 Å². The van der Waals surface area contributed by atoms with E-state index in [0.717, 1.165) is 22.8 Å². The molecule has 1 saturated heterocycles. The highest BCUT2D eigenvalue weighted by Gasteiger charge is 2.38. The number of para-hydroxylation sites is 1. The minimum absolute atomic E-state index is 0.0958. The van der Waals surface area contributed by atoms with Crippen molar-refractivity contribution in [3.8, 4) is 17.6 Å². The zero-order valence-electron chi connectivity index (χ0n) is 13.1. The van der Waals surface area contributed by atoms with Gasteiger partial charge in [0.05, 0.1) is 18.6 Å². The number of ether oxygens (including phenoxy) is 2. The predicted octanol–water partition coefficient (Wildman–Crippen LogP) is 2.15. The van der Waals surface area contributed by atoms with E-state index >= 15 is 0 Å². The number of carbonyl (C=O) groups is 1. The second kappa shape index (κ2) is 6.71. The van der Waals surface area contributed by atoms with Gasteiger partial charge in [-0.25, -0.2) is 0 Å². The molecule has 1 amide bonds. The molecule has 122 valence electrons. The van der Waals surface area contributed by atoms with E-state index in [9.17, 15) is 10.1 Å². The number of fused-ring (bicyclic) bond motifs is 1. The summed E-state index contributed by atoms with van der Waals surface area (Å²) in [6, 6.07) is 8.03. The maximum absolute atomic E-state index is 12.6. The van der Waals surface area contributed by atoms with Crippen LogP contribution in [-0.4, -0.2) is 36.2 Å². The van der Waals surface area contributed by atoms with Crippen molar-refractivity contribution < 1.29 is 14.3 Å². The van der Waals surface area contributed by atoms with Crippen LogP contribution in [0.2, 0.25) is 0 Å². The third kappa shape index (κ3) is 3.25. The number of benzene rings is 1. The van der Waals surface area contributed by atoms with Crippen molar-refractivity contribution in [2.45, 2.75) is 25.3 Å². The van der Waals surface area contributed by atoms with Crippen LogP contribution in [0.3, 0.4) is 0 Å². The Kier molecular flexibility index (Phi) is 4.67. The van der Waals surface area contributed by atoms with Crippen molar-refractivity contribution in [1.29, 1.82) is 5.26 Å². The van der Waals surface area contributed by atoms with Crippen LogP contribution in [0.25, 0.3) is 0 Å². The molecule has 0 radical (unpaired) electrons.